The molecule has 1 aliphatic rings. The quantitative estimate of drug-likeness (QED) is 0.502. The van der Waals surface area contributed by atoms with Crippen LogP contribution in [-0.4, -0.2) is 38.4 Å². The molecule has 0 bridgehead atoms. The second kappa shape index (κ2) is 9.41. The molecule has 29 heavy (non-hydrogen) atoms. The molecule has 1 atom stereocenters. The van der Waals surface area contributed by atoms with Crippen molar-refractivity contribution in [2.45, 2.75) is 45.7 Å². The number of amides is 1. The first kappa shape index (κ1) is 21.3. The van der Waals surface area contributed by atoms with Gasteiger partial charge in [0.1, 0.15) is 4.32 Å². The minimum absolute atomic E-state index is 0.0751. The Kier molecular flexibility index (Phi) is 6.92. The van der Waals surface area contributed by atoms with Crippen molar-refractivity contribution in [3.8, 4) is 0 Å². The van der Waals surface area contributed by atoms with Crippen LogP contribution in [0.15, 0.2) is 38.5 Å². The van der Waals surface area contributed by atoms with Gasteiger partial charge in [-0.15, -0.1) is 0 Å². The number of carbonyl (C=O) groups is 1. The number of thioether (sulfide) groups is 1. The van der Waals surface area contributed by atoms with Crippen LogP contribution in [-0.2, 0) is 11.3 Å². The Hall–Kier alpha value is -2.39. The summed E-state index contributed by atoms with van der Waals surface area (Å²) in [5, 5.41) is 3.60. The number of thiocarbonyl (C=S) groups is 1. The lowest BCUT2D eigenvalue weighted by atomic mass is 10.1. The van der Waals surface area contributed by atoms with E-state index in [0.29, 0.717) is 15.3 Å². The number of benzene rings is 1. The highest BCUT2D eigenvalue weighted by molar-refractivity contribution is 8.26. The van der Waals surface area contributed by atoms with Crippen LogP contribution in [0, 0.1) is 0 Å². The van der Waals surface area contributed by atoms with Gasteiger partial charge in [0.05, 0.1) is 11.4 Å². The SMILES string of the molecule is CCCC(CC)N(C)c1cccc(C=C2SC(=S)N(Cc3noc(=O)[nH]3)C2=O)c1. The van der Waals surface area contributed by atoms with Gasteiger partial charge in [-0.05, 0) is 36.6 Å². The summed E-state index contributed by atoms with van der Waals surface area (Å²) in [5.41, 5.74) is 2.06. The minimum atomic E-state index is -0.657. The monoisotopic (exact) mass is 432 g/mol. The zero-order chi connectivity index (χ0) is 21.0. The molecule has 1 unspecified atom stereocenters. The van der Waals surface area contributed by atoms with Gasteiger partial charge in [-0.2, -0.15) is 0 Å². The van der Waals surface area contributed by atoms with E-state index in [1.807, 2.05) is 18.2 Å². The smallest absolute Gasteiger partial charge is 0.372 e. The third kappa shape index (κ3) is 4.97. The minimum Gasteiger partial charge on any atom is -0.372 e. The van der Waals surface area contributed by atoms with Gasteiger partial charge in [0.25, 0.3) is 5.91 Å². The van der Waals surface area contributed by atoms with Crippen LogP contribution in [0.3, 0.4) is 0 Å². The maximum absolute atomic E-state index is 12.8. The van der Waals surface area contributed by atoms with Crippen molar-refractivity contribution in [2.24, 2.45) is 0 Å². The molecule has 2 heterocycles. The molecule has 0 saturated carbocycles. The van der Waals surface area contributed by atoms with Gasteiger partial charge in [-0.3, -0.25) is 19.2 Å². The van der Waals surface area contributed by atoms with Gasteiger partial charge in [-0.1, -0.05) is 61.5 Å². The van der Waals surface area contributed by atoms with Gasteiger partial charge in [0.15, 0.2) is 5.82 Å². The fourth-order valence-corrected chi connectivity index (χ4v) is 4.57. The van der Waals surface area contributed by atoms with Gasteiger partial charge in [0, 0.05) is 18.8 Å². The van der Waals surface area contributed by atoms with E-state index in [1.54, 1.807) is 0 Å². The summed E-state index contributed by atoms with van der Waals surface area (Å²) in [6.45, 7) is 4.48. The van der Waals surface area contributed by atoms with Crippen molar-refractivity contribution >= 4 is 46.0 Å². The number of nitrogens with one attached hydrogen (secondary N) is 1. The number of aromatic nitrogens is 2. The average molecular weight is 433 g/mol. The van der Waals surface area contributed by atoms with Crippen molar-refractivity contribution in [1.29, 1.82) is 0 Å². The Morgan fingerprint density at radius 3 is 2.83 bits per heavy atom. The van der Waals surface area contributed by atoms with E-state index >= 15 is 0 Å². The summed E-state index contributed by atoms with van der Waals surface area (Å²) in [6, 6.07) is 8.62. The molecule has 154 valence electrons. The number of carbonyl (C=O) groups excluding carboxylic acids is 1. The first-order valence-electron chi connectivity index (χ1n) is 9.56. The molecule has 1 aromatic heterocycles. The molecule has 1 aromatic carbocycles. The molecule has 1 fully saturated rings. The standard InChI is InChI=1S/C20H24N4O3S2/c1-4-7-14(5-2)23(3)15-9-6-8-13(10-15)11-16-18(25)24(20(28)29-16)12-17-21-19(26)27-22-17/h6,8-11,14H,4-5,7,12H2,1-3H3,(H,21,22,26). The third-order valence-electron chi connectivity index (χ3n) is 4.88. The van der Waals surface area contributed by atoms with E-state index in [0.717, 1.165) is 30.5 Å². The highest BCUT2D eigenvalue weighted by Gasteiger charge is 2.32. The van der Waals surface area contributed by atoms with Crippen molar-refractivity contribution in [3.63, 3.8) is 0 Å². The number of hydrogen-bond acceptors (Lipinski definition) is 7. The molecular formula is C20H24N4O3S2. The first-order valence-corrected chi connectivity index (χ1v) is 10.8. The first-order chi connectivity index (χ1) is 13.9. The number of aromatic amines is 1. The number of H-pyrrole nitrogens is 1. The Balaban J connectivity index is 1.78. The highest BCUT2D eigenvalue weighted by Crippen LogP contribution is 2.33. The molecule has 1 N–H and O–H groups in total. The van der Waals surface area contributed by atoms with Crippen molar-refractivity contribution in [2.75, 3.05) is 11.9 Å². The Labute approximate surface area is 179 Å². The average Bonchev–Trinajstić information content (AvgIpc) is 3.24. The maximum atomic E-state index is 12.8. The van der Waals surface area contributed by atoms with Crippen LogP contribution < -0.4 is 10.7 Å². The second-order valence-electron chi connectivity index (χ2n) is 6.87. The topological polar surface area (TPSA) is 82.4 Å². The lowest BCUT2D eigenvalue weighted by Gasteiger charge is -2.29. The second-order valence-corrected chi connectivity index (χ2v) is 8.54. The lowest BCUT2D eigenvalue weighted by Crippen LogP contribution is -2.30. The van der Waals surface area contributed by atoms with Gasteiger partial charge in [0.2, 0.25) is 0 Å². The molecular weight excluding hydrogens is 408 g/mol. The predicted octanol–water partition coefficient (Wildman–Crippen LogP) is 3.78. The van der Waals surface area contributed by atoms with E-state index in [1.165, 1.54) is 16.7 Å². The molecule has 0 spiro atoms. The molecule has 1 saturated heterocycles. The molecule has 3 rings (SSSR count). The zero-order valence-electron chi connectivity index (χ0n) is 16.7. The maximum Gasteiger partial charge on any atom is 0.438 e. The van der Waals surface area contributed by atoms with E-state index in [9.17, 15) is 9.59 Å². The summed E-state index contributed by atoms with van der Waals surface area (Å²) in [5.74, 6) is -0.604. The molecule has 0 radical (unpaired) electrons. The van der Waals surface area contributed by atoms with Crippen molar-refractivity contribution in [1.82, 2.24) is 15.0 Å². The van der Waals surface area contributed by atoms with E-state index in [-0.39, 0.29) is 18.3 Å². The molecule has 7 nitrogen and oxygen atoms in total. The van der Waals surface area contributed by atoms with Crippen LogP contribution in [0.1, 0.15) is 44.5 Å². The largest absolute Gasteiger partial charge is 0.438 e. The van der Waals surface area contributed by atoms with Gasteiger partial charge < -0.3 is 4.90 Å². The molecule has 1 amide bonds. The summed E-state index contributed by atoms with van der Waals surface area (Å²) in [6.07, 6.45) is 5.21. The van der Waals surface area contributed by atoms with E-state index < -0.39 is 5.76 Å². The Bertz CT molecular complexity index is 982. The number of anilines is 1. The van der Waals surface area contributed by atoms with Gasteiger partial charge in [-0.25, -0.2) is 4.79 Å². The molecule has 2 aromatic rings. The normalized spacial score (nSPS) is 16.7. The lowest BCUT2D eigenvalue weighted by molar-refractivity contribution is -0.122. The molecule has 9 heteroatoms. The zero-order valence-corrected chi connectivity index (χ0v) is 18.3. The van der Waals surface area contributed by atoms with Crippen molar-refractivity contribution in [3.05, 3.63) is 51.1 Å². The fraction of sp³-hybridized carbons (Fsp3) is 0.400. The molecule has 1 aliphatic heterocycles. The summed E-state index contributed by atoms with van der Waals surface area (Å²) in [4.78, 5) is 30.5. The van der Waals surface area contributed by atoms with Crippen LogP contribution >= 0.6 is 24.0 Å². The molecule has 0 aliphatic carbocycles. The van der Waals surface area contributed by atoms with E-state index in [2.05, 4.69) is 52.6 Å². The number of nitrogens with zero attached hydrogens (tertiary/aromatic N) is 3. The summed E-state index contributed by atoms with van der Waals surface area (Å²) >= 11 is 6.57. The van der Waals surface area contributed by atoms with Gasteiger partial charge >= 0.3 is 5.76 Å². The fourth-order valence-electron chi connectivity index (χ4n) is 3.32. The highest BCUT2D eigenvalue weighted by atomic mass is 32.2. The summed E-state index contributed by atoms with van der Waals surface area (Å²) in [7, 11) is 2.11. The van der Waals surface area contributed by atoms with Crippen LogP contribution in [0.4, 0.5) is 5.69 Å². The number of hydrogen-bond donors (Lipinski definition) is 1. The summed E-state index contributed by atoms with van der Waals surface area (Å²) < 4.78 is 4.90. The van der Waals surface area contributed by atoms with E-state index in [4.69, 9.17) is 12.2 Å². The third-order valence-corrected chi connectivity index (χ3v) is 6.26. The Morgan fingerprint density at radius 1 is 1.38 bits per heavy atom. The van der Waals surface area contributed by atoms with Crippen LogP contribution in [0.25, 0.3) is 6.08 Å². The predicted molar refractivity (Wildman–Crippen MR) is 120 cm³/mol. The number of rotatable bonds is 8. The van der Waals surface area contributed by atoms with Crippen LogP contribution in [0.5, 0.6) is 0 Å². The van der Waals surface area contributed by atoms with Crippen LogP contribution in [0.2, 0.25) is 0 Å². The Morgan fingerprint density at radius 2 is 2.17 bits per heavy atom. The van der Waals surface area contributed by atoms with Crippen molar-refractivity contribution < 1.29 is 9.32 Å².